The Morgan fingerprint density at radius 2 is 2.33 bits per heavy atom. The van der Waals surface area contributed by atoms with E-state index in [0.717, 1.165) is 9.35 Å². The second-order valence-corrected chi connectivity index (χ2v) is 5.45. The third kappa shape index (κ3) is 1.83. The third-order valence-electron chi connectivity index (χ3n) is 2.43. The minimum absolute atomic E-state index is 0.375. The van der Waals surface area contributed by atoms with Crippen LogP contribution in [0.5, 0.6) is 0 Å². The van der Waals surface area contributed by atoms with Gasteiger partial charge in [0.15, 0.2) is 0 Å². The summed E-state index contributed by atoms with van der Waals surface area (Å²) in [5.74, 6) is 1.42. The van der Waals surface area contributed by atoms with Crippen molar-refractivity contribution in [2.24, 2.45) is 7.05 Å². The molecule has 0 aromatic carbocycles. The molecule has 0 unspecified atom stereocenters. The van der Waals surface area contributed by atoms with E-state index in [-0.39, 0.29) is 0 Å². The van der Waals surface area contributed by atoms with Crippen LogP contribution in [0.15, 0.2) is 26.6 Å². The van der Waals surface area contributed by atoms with Crippen molar-refractivity contribution >= 4 is 33.1 Å². The zero-order valence-electron chi connectivity index (χ0n) is 9.29. The van der Waals surface area contributed by atoms with Crippen molar-refractivity contribution < 1.29 is 4.52 Å². The lowest BCUT2D eigenvalue weighted by atomic mass is 10.3. The Labute approximate surface area is 115 Å². The molecule has 18 heavy (non-hydrogen) atoms. The number of nitrogens with two attached hydrogens (primary N) is 1. The molecule has 0 aliphatic heterocycles. The van der Waals surface area contributed by atoms with E-state index < -0.39 is 0 Å². The zero-order chi connectivity index (χ0) is 12.7. The predicted octanol–water partition coefficient (Wildman–Crippen LogP) is 2.54. The van der Waals surface area contributed by atoms with Crippen LogP contribution in [-0.4, -0.2) is 19.9 Å². The highest BCUT2D eigenvalue weighted by atomic mass is 79.9. The molecule has 3 rings (SSSR count). The lowest BCUT2D eigenvalue weighted by Gasteiger charge is -1.93. The minimum atomic E-state index is 0.375. The summed E-state index contributed by atoms with van der Waals surface area (Å²) in [5.41, 5.74) is 6.50. The zero-order valence-corrected chi connectivity index (χ0v) is 11.7. The van der Waals surface area contributed by atoms with E-state index in [1.54, 1.807) is 17.9 Å². The van der Waals surface area contributed by atoms with Crippen molar-refractivity contribution in [3.63, 3.8) is 0 Å². The van der Waals surface area contributed by atoms with E-state index in [1.807, 2.05) is 11.4 Å². The Kier molecular flexibility index (Phi) is 2.67. The molecule has 0 fully saturated rings. The summed E-state index contributed by atoms with van der Waals surface area (Å²) in [4.78, 5) is 5.25. The van der Waals surface area contributed by atoms with E-state index in [2.05, 4.69) is 31.2 Å². The van der Waals surface area contributed by atoms with Crippen molar-refractivity contribution in [3.8, 4) is 22.2 Å². The van der Waals surface area contributed by atoms with Gasteiger partial charge in [-0.05, 0) is 22.0 Å². The summed E-state index contributed by atoms with van der Waals surface area (Å²) >= 11 is 4.92. The van der Waals surface area contributed by atoms with Crippen LogP contribution in [0.4, 0.5) is 5.82 Å². The number of thiophene rings is 1. The molecule has 0 atom stereocenters. The first-order valence-corrected chi connectivity index (χ1v) is 6.68. The first-order valence-electron chi connectivity index (χ1n) is 5.01. The van der Waals surface area contributed by atoms with Gasteiger partial charge in [0, 0.05) is 16.9 Å². The number of nitrogens with zero attached hydrogens (tertiary/aromatic N) is 4. The molecule has 6 nitrogen and oxygen atoms in total. The molecule has 2 N–H and O–H groups in total. The molecule has 3 aromatic rings. The van der Waals surface area contributed by atoms with E-state index in [1.165, 1.54) is 11.3 Å². The van der Waals surface area contributed by atoms with E-state index >= 15 is 0 Å². The molecule has 0 saturated heterocycles. The lowest BCUT2D eigenvalue weighted by molar-refractivity contribution is 0.432. The van der Waals surface area contributed by atoms with Crippen molar-refractivity contribution in [2.75, 3.05) is 5.73 Å². The summed E-state index contributed by atoms with van der Waals surface area (Å²) in [6.07, 6.45) is 1.61. The van der Waals surface area contributed by atoms with Gasteiger partial charge in [-0.1, -0.05) is 5.16 Å². The fraction of sp³-hybridized carbons (Fsp3) is 0.100. The summed E-state index contributed by atoms with van der Waals surface area (Å²) < 4.78 is 7.76. The summed E-state index contributed by atoms with van der Waals surface area (Å²) in [7, 11) is 1.76. The van der Waals surface area contributed by atoms with E-state index in [9.17, 15) is 0 Å². The van der Waals surface area contributed by atoms with Crippen molar-refractivity contribution in [2.45, 2.75) is 0 Å². The lowest BCUT2D eigenvalue weighted by Crippen LogP contribution is -1.98. The third-order valence-corrected chi connectivity index (χ3v) is 4.12. The van der Waals surface area contributed by atoms with Gasteiger partial charge in [-0.3, -0.25) is 4.68 Å². The maximum absolute atomic E-state index is 5.85. The first-order chi connectivity index (χ1) is 8.65. The first kappa shape index (κ1) is 11.4. The SMILES string of the molecule is Cn1ncc(-c2nc(-c3cc(Br)cs3)no2)c1N. The van der Waals surface area contributed by atoms with Gasteiger partial charge in [0.05, 0.1) is 11.1 Å². The number of anilines is 1. The van der Waals surface area contributed by atoms with Crippen LogP contribution in [0.1, 0.15) is 0 Å². The smallest absolute Gasteiger partial charge is 0.263 e. The van der Waals surface area contributed by atoms with Crippen LogP contribution < -0.4 is 5.73 Å². The van der Waals surface area contributed by atoms with Gasteiger partial charge < -0.3 is 10.3 Å². The van der Waals surface area contributed by atoms with Crippen LogP contribution in [-0.2, 0) is 7.05 Å². The number of nitrogen functional groups attached to an aromatic ring is 1. The fourth-order valence-corrected chi connectivity index (χ4v) is 2.83. The summed E-state index contributed by atoms with van der Waals surface area (Å²) in [5, 5.41) is 9.94. The molecule has 8 heteroatoms. The van der Waals surface area contributed by atoms with Crippen molar-refractivity contribution in [1.29, 1.82) is 0 Å². The second-order valence-electron chi connectivity index (χ2n) is 3.62. The normalized spacial score (nSPS) is 11.0. The molecular formula is C10H8BrN5OS. The number of aryl methyl sites for hydroxylation is 1. The molecule has 0 spiro atoms. The molecule has 0 amide bonds. The Bertz CT molecular complexity index is 701. The van der Waals surface area contributed by atoms with Crippen LogP contribution in [0.2, 0.25) is 0 Å². The van der Waals surface area contributed by atoms with Crippen LogP contribution in [0, 0.1) is 0 Å². The number of hydrogen-bond donors (Lipinski definition) is 1. The fourth-order valence-electron chi connectivity index (χ4n) is 1.48. The maximum Gasteiger partial charge on any atom is 0.263 e. The van der Waals surface area contributed by atoms with Crippen LogP contribution >= 0.6 is 27.3 Å². The average molecular weight is 326 g/mol. The summed E-state index contributed by atoms with van der Waals surface area (Å²) in [6, 6.07) is 1.94. The van der Waals surface area contributed by atoms with Gasteiger partial charge in [0.1, 0.15) is 11.4 Å². The van der Waals surface area contributed by atoms with E-state index in [4.69, 9.17) is 10.3 Å². The number of aromatic nitrogens is 4. The molecule has 3 heterocycles. The van der Waals surface area contributed by atoms with Gasteiger partial charge >= 0.3 is 0 Å². The van der Waals surface area contributed by atoms with Crippen LogP contribution in [0.25, 0.3) is 22.2 Å². The molecule has 92 valence electrons. The minimum Gasteiger partial charge on any atom is -0.383 e. The highest BCUT2D eigenvalue weighted by Gasteiger charge is 2.16. The molecule has 0 aliphatic rings. The Morgan fingerprint density at radius 3 is 2.94 bits per heavy atom. The quantitative estimate of drug-likeness (QED) is 0.782. The maximum atomic E-state index is 5.85. The van der Waals surface area contributed by atoms with Crippen LogP contribution in [0.3, 0.4) is 0 Å². The van der Waals surface area contributed by atoms with Gasteiger partial charge in [-0.2, -0.15) is 10.1 Å². The topological polar surface area (TPSA) is 82.8 Å². The average Bonchev–Trinajstić information content (AvgIpc) is 3.02. The highest BCUT2D eigenvalue weighted by Crippen LogP contribution is 2.30. The van der Waals surface area contributed by atoms with E-state index in [0.29, 0.717) is 23.1 Å². The molecular weight excluding hydrogens is 318 g/mol. The molecule has 0 saturated carbocycles. The number of rotatable bonds is 2. The number of hydrogen-bond acceptors (Lipinski definition) is 6. The Morgan fingerprint density at radius 1 is 1.50 bits per heavy atom. The molecule has 3 aromatic heterocycles. The van der Waals surface area contributed by atoms with Crippen molar-refractivity contribution in [3.05, 3.63) is 22.1 Å². The number of halogens is 1. The predicted molar refractivity (Wildman–Crippen MR) is 71.9 cm³/mol. The Hall–Kier alpha value is -1.67. The van der Waals surface area contributed by atoms with Gasteiger partial charge in [0.2, 0.25) is 5.82 Å². The standard InChI is InChI=1S/C10H8BrN5OS/c1-16-8(12)6(3-13-16)10-14-9(15-17-10)7-2-5(11)4-18-7/h2-4H,12H2,1H3. The second kappa shape index (κ2) is 4.21. The summed E-state index contributed by atoms with van der Waals surface area (Å²) in [6.45, 7) is 0. The molecule has 0 bridgehead atoms. The molecule has 0 aliphatic carbocycles. The van der Waals surface area contributed by atoms with Gasteiger partial charge in [0.25, 0.3) is 5.89 Å². The largest absolute Gasteiger partial charge is 0.383 e. The highest BCUT2D eigenvalue weighted by molar-refractivity contribution is 9.10. The van der Waals surface area contributed by atoms with Gasteiger partial charge in [-0.25, -0.2) is 0 Å². The Balaban J connectivity index is 2.01. The molecule has 0 radical (unpaired) electrons. The monoisotopic (exact) mass is 325 g/mol. The van der Waals surface area contributed by atoms with Gasteiger partial charge in [-0.15, -0.1) is 11.3 Å². The van der Waals surface area contributed by atoms with Crippen molar-refractivity contribution in [1.82, 2.24) is 19.9 Å².